The van der Waals surface area contributed by atoms with Gasteiger partial charge in [-0.25, -0.2) is 4.98 Å². The third-order valence-corrected chi connectivity index (χ3v) is 7.32. The lowest BCUT2D eigenvalue weighted by atomic mass is 10.0. The van der Waals surface area contributed by atoms with E-state index in [9.17, 15) is 9.90 Å². The number of nitrogens with zero attached hydrogens (tertiary/aromatic N) is 3. The van der Waals surface area contributed by atoms with Crippen molar-refractivity contribution >= 4 is 22.6 Å². The highest BCUT2D eigenvalue weighted by Crippen LogP contribution is 2.33. The number of phenolic OH excluding ortho intramolecular Hbond substituents is 1. The highest BCUT2D eigenvalue weighted by Gasteiger charge is 2.15. The molecule has 3 N–H and O–H groups in total. The first-order chi connectivity index (χ1) is 19.0. The van der Waals surface area contributed by atoms with Gasteiger partial charge in [0.2, 0.25) is 0 Å². The Morgan fingerprint density at radius 1 is 0.897 bits per heavy atom. The molecule has 7 heteroatoms. The summed E-state index contributed by atoms with van der Waals surface area (Å²) in [5.74, 6) is 0.505. The Balaban J connectivity index is 1.17. The SMILES string of the molecule is CN1CCN(Cc2ccc(NC(=O)c3ccc4nc(-c5cc(-c6ccccc6)ccc5O)[nH]c4c3)cc2)CC1. The van der Waals surface area contributed by atoms with Crippen LogP contribution in [0.2, 0.25) is 0 Å². The van der Waals surface area contributed by atoms with Crippen molar-refractivity contribution in [2.24, 2.45) is 0 Å². The first-order valence-electron chi connectivity index (χ1n) is 13.2. The predicted octanol–water partition coefficient (Wildman–Crippen LogP) is 5.60. The predicted molar refractivity (Wildman–Crippen MR) is 156 cm³/mol. The van der Waals surface area contributed by atoms with Gasteiger partial charge in [0, 0.05) is 44.0 Å². The molecule has 0 unspecified atom stereocenters. The first-order valence-corrected chi connectivity index (χ1v) is 13.2. The number of imidazole rings is 1. The molecule has 7 nitrogen and oxygen atoms in total. The van der Waals surface area contributed by atoms with Crippen molar-refractivity contribution in [2.45, 2.75) is 6.54 Å². The van der Waals surface area contributed by atoms with Gasteiger partial charge in [-0.2, -0.15) is 0 Å². The van der Waals surface area contributed by atoms with Gasteiger partial charge in [0.25, 0.3) is 5.91 Å². The van der Waals surface area contributed by atoms with Crippen LogP contribution in [0.4, 0.5) is 5.69 Å². The summed E-state index contributed by atoms with van der Waals surface area (Å²) in [6.45, 7) is 5.26. The molecule has 0 spiro atoms. The molecule has 4 aromatic carbocycles. The van der Waals surface area contributed by atoms with Crippen LogP contribution < -0.4 is 5.32 Å². The molecule has 1 saturated heterocycles. The van der Waals surface area contributed by atoms with Crippen molar-refractivity contribution < 1.29 is 9.90 Å². The molecular weight excluding hydrogens is 486 g/mol. The van der Waals surface area contributed by atoms with Gasteiger partial charge in [0.05, 0.1) is 16.6 Å². The number of aromatic amines is 1. The molecule has 5 aromatic rings. The summed E-state index contributed by atoms with van der Waals surface area (Å²) in [7, 11) is 2.16. The fourth-order valence-corrected chi connectivity index (χ4v) is 4.98. The number of phenols is 1. The molecule has 0 bridgehead atoms. The molecule has 0 aliphatic carbocycles. The highest BCUT2D eigenvalue weighted by molar-refractivity contribution is 6.06. The smallest absolute Gasteiger partial charge is 0.255 e. The number of anilines is 1. The summed E-state index contributed by atoms with van der Waals surface area (Å²) < 4.78 is 0. The van der Waals surface area contributed by atoms with Crippen molar-refractivity contribution in [1.29, 1.82) is 0 Å². The second-order valence-electron chi connectivity index (χ2n) is 10.1. The third-order valence-electron chi connectivity index (χ3n) is 7.32. The number of hydrogen-bond donors (Lipinski definition) is 3. The molecule has 1 aliphatic rings. The maximum atomic E-state index is 13.0. The van der Waals surface area contributed by atoms with Crippen molar-refractivity contribution in [1.82, 2.24) is 19.8 Å². The Hall–Kier alpha value is -4.46. The van der Waals surface area contributed by atoms with Gasteiger partial charge in [0.1, 0.15) is 11.6 Å². The van der Waals surface area contributed by atoms with E-state index >= 15 is 0 Å². The molecule has 0 atom stereocenters. The monoisotopic (exact) mass is 517 g/mol. The maximum Gasteiger partial charge on any atom is 0.255 e. The number of amides is 1. The van der Waals surface area contributed by atoms with E-state index in [2.05, 4.69) is 44.3 Å². The van der Waals surface area contributed by atoms with Crippen molar-refractivity contribution in [3.05, 3.63) is 102 Å². The number of carbonyl (C=O) groups is 1. The molecular formula is C32H31N5O2. The number of likely N-dealkylation sites (N-methyl/N-ethyl adjacent to an activating group) is 1. The Kier molecular flexibility index (Phi) is 6.84. The molecule has 1 aliphatic heterocycles. The van der Waals surface area contributed by atoms with Crippen LogP contribution in [0.25, 0.3) is 33.5 Å². The lowest BCUT2D eigenvalue weighted by Gasteiger charge is -2.32. The van der Waals surface area contributed by atoms with Gasteiger partial charge in [-0.15, -0.1) is 0 Å². The van der Waals surface area contributed by atoms with Gasteiger partial charge in [0.15, 0.2) is 0 Å². The van der Waals surface area contributed by atoms with E-state index in [1.807, 2.05) is 60.7 Å². The van der Waals surface area contributed by atoms with Crippen LogP contribution in [0.15, 0.2) is 91.0 Å². The Labute approximate surface area is 227 Å². The highest BCUT2D eigenvalue weighted by atomic mass is 16.3. The van der Waals surface area contributed by atoms with Crippen LogP contribution in [-0.2, 0) is 6.54 Å². The molecule has 1 fully saturated rings. The van der Waals surface area contributed by atoms with Crippen LogP contribution in [-0.4, -0.2) is 64.0 Å². The summed E-state index contributed by atoms with van der Waals surface area (Å²) in [4.78, 5) is 25.8. The van der Waals surface area contributed by atoms with Crippen LogP contribution >= 0.6 is 0 Å². The normalized spacial score (nSPS) is 14.5. The molecule has 2 heterocycles. The van der Waals surface area contributed by atoms with E-state index in [-0.39, 0.29) is 11.7 Å². The Morgan fingerprint density at radius 2 is 1.67 bits per heavy atom. The van der Waals surface area contributed by atoms with Gasteiger partial charge < -0.3 is 20.3 Å². The van der Waals surface area contributed by atoms with E-state index in [1.165, 1.54) is 5.56 Å². The number of benzene rings is 4. The van der Waals surface area contributed by atoms with Gasteiger partial charge >= 0.3 is 0 Å². The summed E-state index contributed by atoms with van der Waals surface area (Å²) in [5, 5.41) is 13.6. The fraction of sp³-hybridized carbons (Fsp3) is 0.188. The number of nitrogens with one attached hydrogen (secondary N) is 2. The maximum absolute atomic E-state index is 13.0. The van der Waals surface area contributed by atoms with E-state index in [1.54, 1.807) is 18.2 Å². The number of fused-ring (bicyclic) bond motifs is 1. The molecule has 6 rings (SSSR count). The average molecular weight is 518 g/mol. The van der Waals surface area contributed by atoms with Crippen LogP contribution in [0.1, 0.15) is 15.9 Å². The quantitative estimate of drug-likeness (QED) is 0.273. The molecule has 0 radical (unpaired) electrons. The van der Waals surface area contributed by atoms with Gasteiger partial charge in [-0.3, -0.25) is 9.69 Å². The van der Waals surface area contributed by atoms with E-state index in [4.69, 9.17) is 0 Å². The minimum Gasteiger partial charge on any atom is -0.507 e. The van der Waals surface area contributed by atoms with Crippen LogP contribution in [0, 0.1) is 0 Å². The number of aromatic nitrogens is 2. The molecule has 1 aromatic heterocycles. The number of piperazine rings is 1. The number of aromatic hydroxyl groups is 1. The summed E-state index contributed by atoms with van der Waals surface area (Å²) in [6, 6.07) is 28.9. The minimum absolute atomic E-state index is 0.141. The molecule has 1 amide bonds. The Morgan fingerprint density at radius 3 is 2.44 bits per heavy atom. The van der Waals surface area contributed by atoms with Crippen LogP contribution in [0.3, 0.4) is 0 Å². The van der Waals surface area contributed by atoms with Crippen LogP contribution in [0.5, 0.6) is 5.75 Å². The zero-order chi connectivity index (χ0) is 26.8. The average Bonchev–Trinajstić information content (AvgIpc) is 3.39. The van der Waals surface area contributed by atoms with Crippen molar-refractivity contribution in [3.63, 3.8) is 0 Å². The number of carbonyl (C=O) groups excluding carboxylic acids is 1. The lowest BCUT2D eigenvalue weighted by Crippen LogP contribution is -2.43. The van der Waals surface area contributed by atoms with Gasteiger partial charge in [-0.05, 0) is 66.2 Å². The number of hydrogen-bond acceptors (Lipinski definition) is 5. The number of H-pyrrole nitrogens is 1. The fourth-order valence-electron chi connectivity index (χ4n) is 4.98. The lowest BCUT2D eigenvalue weighted by molar-refractivity contribution is 0.102. The molecule has 196 valence electrons. The van der Waals surface area contributed by atoms with E-state index < -0.39 is 0 Å². The zero-order valence-corrected chi connectivity index (χ0v) is 21.9. The molecule has 0 saturated carbocycles. The first kappa shape index (κ1) is 24.9. The summed E-state index contributed by atoms with van der Waals surface area (Å²) in [5.41, 5.74) is 6.62. The van der Waals surface area contributed by atoms with Crippen molar-refractivity contribution in [3.8, 4) is 28.3 Å². The zero-order valence-electron chi connectivity index (χ0n) is 21.9. The van der Waals surface area contributed by atoms with E-state index in [0.717, 1.165) is 60.6 Å². The minimum atomic E-state index is -0.186. The van der Waals surface area contributed by atoms with Crippen molar-refractivity contribution in [2.75, 3.05) is 38.5 Å². The largest absolute Gasteiger partial charge is 0.507 e. The third kappa shape index (κ3) is 5.55. The number of rotatable bonds is 6. The second kappa shape index (κ2) is 10.7. The summed E-state index contributed by atoms with van der Waals surface area (Å²) >= 11 is 0. The van der Waals surface area contributed by atoms with Gasteiger partial charge in [-0.1, -0.05) is 48.5 Å². The second-order valence-corrected chi connectivity index (χ2v) is 10.1. The Bertz CT molecular complexity index is 1600. The summed E-state index contributed by atoms with van der Waals surface area (Å²) in [6.07, 6.45) is 0. The van der Waals surface area contributed by atoms with E-state index in [0.29, 0.717) is 17.0 Å². The topological polar surface area (TPSA) is 84.5 Å². The standard InChI is InChI=1S/C32H31N5O2/c1-36-15-17-37(18-16-36)21-22-7-11-26(12-8-22)33-32(39)25-9-13-28-29(20-25)35-31(34-28)27-19-24(10-14-30(27)38)23-5-3-2-4-6-23/h2-14,19-20,38H,15-18,21H2,1H3,(H,33,39)(H,34,35). The molecule has 39 heavy (non-hydrogen) atoms.